The number of methoxy groups -OCH3 is 1. The van der Waals surface area contributed by atoms with Crippen molar-refractivity contribution in [2.45, 2.75) is 12.8 Å². The molecule has 0 heterocycles. The zero-order valence-corrected chi connectivity index (χ0v) is 5.29. The maximum Gasteiger partial charge on any atom is 0.139 e. The molecule has 0 saturated heterocycles. The van der Waals surface area contributed by atoms with Crippen molar-refractivity contribution >= 4 is 5.71 Å². The topological polar surface area (TPSA) is 41.8 Å². The Morgan fingerprint density at radius 1 is 1.78 bits per heavy atom. The second-order valence-electron chi connectivity index (χ2n) is 1.86. The molecule has 0 aliphatic heterocycles. The molecule has 9 heavy (non-hydrogen) atoms. The maximum atomic E-state index is 8.33. The van der Waals surface area contributed by atoms with Crippen LogP contribution in [-0.2, 0) is 4.74 Å². The van der Waals surface area contributed by atoms with Gasteiger partial charge in [-0.2, -0.15) is 0 Å². The summed E-state index contributed by atoms with van der Waals surface area (Å²) in [5, 5.41) is 11.4. The van der Waals surface area contributed by atoms with Gasteiger partial charge in [-0.1, -0.05) is 5.16 Å². The summed E-state index contributed by atoms with van der Waals surface area (Å²) in [6.07, 6.45) is 3.62. The van der Waals surface area contributed by atoms with Crippen LogP contribution < -0.4 is 0 Å². The second kappa shape index (κ2) is 2.53. The van der Waals surface area contributed by atoms with Gasteiger partial charge in [0.15, 0.2) is 0 Å². The lowest BCUT2D eigenvalue weighted by Crippen LogP contribution is -1.97. The van der Waals surface area contributed by atoms with Crippen LogP contribution in [0.4, 0.5) is 0 Å². The quantitative estimate of drug-likeness (QED) is 0.424. The fourth-order valence-electron chi connectivity index (χ4n) is 0.881. The fraction of sp³-hybridized carbons (Fsp3) is 0.500. The van der Waals surface area contributed by atoms with E-state index in [9.17, 15) is 0 Å². The van der Waals surface area contributed by atoms with Gasteiger partial charge in [-0.25, -0.2) is 0 Å². The van der Waals surface area contributed by atoms with E-state index in [1.165, 1.54) is 0 Å². The van der Waals surface area contributed by atoms with Gasteiger partial charge in [0.1, 0.15) is 11.5 Å². The highest BCUT2D eigenvalue weighted by atomic mass is 16.5. The first-order valence-corrected chi connectivity index (χ1v) is 2.84. The molecule has 1 rings (SSSR count). The molecule has 50 valence electrons. The molecular formula is C6H9NO2. The maximum absolute atomic E-state index is 8.33. The van der Waals surface area contributed by atoms with Crippen molar-refractivity contribution in [2.24, 2.45) is 5.16 Å². The standard InChI is InChI=1S/C6H9NO2/c1-9-6-4-2-3-5(6)7-8/h4,8H,2-3H2,1H3/b7-5-. The molecule has 0 aromatic heterocycles. The smallest absolute Gasteiger partial charge is 0.139 e. The molecule has 0 fully saturated rings. The van der Waals surface area contributed by atoms with Gasteiger partial charge in [0, 0.05) is 6.42 Å². The van der Waals surface area contributed by atoms with Crippen molar-refractivity contribution in [1.29, 1.82) is 0 Å². The molecule has 0 aromatic rings. The highest BCUT2D eigenvalue weighted by molar-refractivity contribution is 5.99. The van der Waals surface area contributed by atoms with Gasteiger partial charge in [0.25, 0.3) is 0 Å². The first kappa shape index (κ1) is 6.13. The molecule has 0 atom stereocenters. The Labute approximate surface area is 53.6 Å². The number of ether oxygens (including phenoxy) is 1. The van der Waals surface area contributed by atoms with E-state index in [0.29, 0.717) is 11.5 Å². The highest BCUT2D eigenvalue weighted by Gasteiger charge is 2.12. The number of oxime groups is 1. The van der Waals surface area contributed by atoms with E-state index in [1.54, 1.807) is 7.11 Å². The van der Waals surface area contributed by atoms with Gasteiger partial charge < -0.3 is 9.94 Å². The molecule has 1 aliphatic rings. The summed E-state index contributed by atoms with van der Waals surface area (Å²) < 4.78 is 4.88. The number of hydrogen-bond donors (Lipinski definition) is 1. The predicted molar refractivity (Wildman–Crippen MR) is 33.5 cm³/mol. The van der Waals surface area contributed by atoms with Crippen molar-refractivity contribution in [1.82, 2.24) is 0 Å². The van der Waals surface area contributed by atoms with E-state index in [0.717, 1.165) is 12.8 Å². The van der Waals surface area contributed by atoms with Gasteiger partial charge in [-0.3, -0.25) is 0 Å². The van der Waals surface area contributed by atoms with Crippen LogP contribution >= 0.6 is 0 Å². The zero-order valence-electron chi connectivity index (χ0n) is 5.29. The van der Waals surface area contributed by atoms with Crippen LogP contribution in [0.3, 0.4) is 0 Å². The van der Waals surface area contributed by atoms with Gasteiger partial charge in [0.2, 0.25) is 0 Å². The van der Waals surface area contributed by atoms with E-state index in [-0.39, 0.29) is 0 Å². The molecule has 1 N–H and O–H groups in total. The number of hydrogen-bond acceptors (Lipinski definition) is 3. The molecule has 1 aliphatic carbocycles. The summed E-state index contributed by atoms with van der Waals surface area (Å²) in [4.78, 5) is 0. The molecule has 0 aromatic carbocycles. The normalized spacial score (nSPS) is 22.3. The third-order valence-corrected chi connectivity index (χ3v) is 1.34. The lowest BCUT2D eigenvalue weighted by Gasteiger charge is -1.97. The molecule has 0 amide bonds. The van der Waals surface area contributed by atoms with Gasteiger partial charge in [-0.15, -0.1) is 0 Å². The Bertz CT molecular complexity index is 160. The summed E-state index contributed by atoms with van der Waals surface area (Å²) in [7, 11) is 1.57. The Morgan fingerprint density at radius 3 is 3.00 bits per heavy atom. The summed E-state index contributed by atoms with van der Waals surface area (Å²) in [6, 6.07) is 0. The molecule has 3 heteroatoms. The Balaban J connectivity index is 2.69. The third kappa shape index (κ3) is 1.04. The van der Waals surface area contributed by atoms with Crippen LogP contribution in [0.5, 0.6) is 0 Å². The van der Waals surface area contributed by atoms with Crippen LogP contribution in [0.2, 0.25) is 0 Å². The minimum Gasteiger partial charge on any atom is -0.495 e. The van der Waals surface area contributed by atoms with Crippen LogP contribution in [0.25, 0.3) is 0 Å². The lowest BCUT2D eigenvalue weighted by molar-refractivity contribution is 0.295. The molecule has 0 saturated carbocycles. The van der Waals surface area contributed by atoms with Crippen molar-refractivity contribution < 1.29 is 9.94 Å². The van der Waals surface area contributed by atoms with Gasteiger partial charge in [-0.05, 0) is 12.5 Å². The minimum absolute atomic E-state index is 0.650. The molecule has 0 radical (unpaired) electrons. The van der Waals surface area contributed by atoms with Crippen molar-refractivity contribution in [3.63, 3.8) is 0 Å². The number of nitrogens with zero attached hydrogens (tertiary/aromatic N) is 1. The van der Waals surface area contributed by atoms with Crippen molar-refractivity contribution in [3.8, 4) is 0 Å². The first-order chi connectivity index (χ1) is 4.38. The SMILES string of the molecule is COC1=CCC/C1=N/O. The van der Waals surface area contributed by atoms with Crippen LogP contribution in [0.15, 0.2) is 17.0 Å². The predicted octanol–water partition coefficient (Wildman–Crippen LogP) is 1.14. The van der Waals surface area contributed by atoms with Gasteiger partial charge >= 0.3 is 0 Å². The average molecular weight is 127 g/mol. The molecule has 0 bridgehead atoms. The third-order valence-electron chi connectivity index (χ3n) is 1.34. The molecular weight excluding hydrogens is 118 g/mol. The largest absolute Gasteiger partial charge is 0.495 e. The van der Waals surface area contributed by atoms with Crippen molar-refractivity contribution in [2.75, 3.05) is 7.11 Å². The van der Waals surface area contributed by atoms with Crippen LogP contribution in [0, 0.1) is 0 Å². The number of rotatable bonds is 1. The zero-order chi connectivity index (χ0) is 6.69. The summed E-state index contributed by atoms with van der Waals surface area (Å²) >= 11 is 0. The van der Waals surface area contributed by atoms with Crippen molar-refractivity contribution in [3.05, 3.63) is 11.8 Å². The van der Waals surface area contributed by atoms with E-state index < -0.39 is 0 Å². The molecule has 0 spiro atoms. The minimum atomic E-state index is 0.650. The van der Waals surface area contributed by atoms with E-state index in [2.05, 4.69) is 5.16 Å². The monoisotopic (exact) mass is 127 g/mol. The lowest BCUT2D eigenvalue weighted by atomic mass is 10.3. The van der Waals surface area contributed by atoms with E-state index in [1.807, 2.05) is 6.08 Å². The Kier molecular flexibility index (Phi) is 1.72. The number of allylic oxidation sites excluding steroid dienone is 2. The average Bonchev–Trinajstić information content (AvgIpc) is 2.33. The first-order valence-electron chi connectivity index (χ1n) is 2.84. The highest BCUT2D eigenvalue weighted by Crippen LogP contribution is 2.14. The summed E-state index contributed by atoms with van der Waals surface area (Å²) in [5.41, 5.74) is 0.650. The summed E-state index contributed by atoms with van der Waals surface area (Å²) in [6.45, 7) is 0. The van der Waals surface area contributed by atoms with E-state index >= 15 is 0 Å². The summed E-state index contributed by atoms with van der Waals surface area (Å²) in [5.74, 6) is 0.706. The Hall–Kier alpha value is -0.990. The molecule has 3 nitrogen and oxygen atoms in total. The van der Waals surface area contributed by atoms with E-state index in [4.69, 9.17) is 9.94 Å². The Morgan fingerprint density at radius 2 is 2.56 bits per heavy atom. The van der Waals surface area contributed by atoms with Crippen LogP contribution in [-0.4, -0.2) is 18.0 Å². The van der Waals surface area contributed by atoms with Crippen LogP contribution in [0.1, 0.15) is 12.8 Å². The molecule has 0 unspecified atom stereocenters. The van der Waals surface area contributed by atoms with Gasteiger partial charge in [0.05, 0.1) is 7.11 Å². The fourth-order valence-corrected chi connectivity index (χ4v) is 0.881. The second-order valence-corrected chi connectivity index (χ2v) is 1.86.